The molecule has 11 nitrogen and oxygen atoms in total. The first kappa shape index (κ1) is 70.4. The number of para-hydroxylation sites is 16. The van der Waals surface area contributed by atoms with Gasteiger partial charge in [-0.25, -0.2) is 0 Å². The van der Waals surface area contributed by atoms with Gasteiger partial charge in [-0.2, -0.15) is 0 Å². The van der Waals surface area contributed by atoms with Crippen molar-refractivity contribution >= 4 is 112 Å². The van der Waals surface area contributed by atoms with Gasteiger partial charge in [0.1, 0.15) is 0 Å². The molecule has 16 aromatic rings. The summed E-state index contributed by atoms with van der Waals surface area (Å²) >= 11 is 0. The number of rotatable bonds is 26. The molecular weight excluding hydrogens is 1390 g/mol. The van der Waals surface area contributed by atoms with E-state index in [1.165, 1.54) is 0 Å². The maximum atomic E-state index is 20.6. The molecule has 0 heterocycles. The molecule has 0 aliphatic rings. The second-order valence-electron chi connectivity index (χ2n) is 26.0. The van der Waals surface area contributed by atoms with Gasteiger partial charge in [-0.3, -0.25) is 0 Å². The fourth-order valence-electron chi connectivity index (χ4n) is 15.2. The topological polar surface area (TPSA) is 61.5 Å². The Morgan fingerprint density at radius 1 is 0.136 bits per heavy atom. The Hall–Kier alpha value is -14.0. The van der Waals surface area contributed by atoms with E-state index >= 15 is 4.79 Å². The monoisotopic (exact) mass is 1470 g/mol. The molecule has 0 spiro atoms. The van der Waals surface area contributed by atoms with Crippen LogP contribution in [0.1, 0.15) is 0 Å². The van der Waals surface area contributed by atoms with Crippen molar-refractivity contribution in [2.45, 2.75) is 0 Å². The van der Waals surface area contributed by atoms with Crippen LogP contribution in [0.15, 0.2) is 485 Å². The van der Waals surface area contributed by atoms with E-state index in [2.05, 4.69) is 231 Å². The van der Waals surface area contributed by atoms with E-state index in [9.17, 15) is 9.05 Å². The fraction of sp³-hybridized carbons (Fsp3) is 0. The average Bonchev–Trinajstić information content (AvgIpc) is 0.658. The van der Waals surface area contributed by atoms with E-state index in [0.29, 0.717) is 91.0 Å². The third-order valence-corrected chi connectivity index (χ3v) is 29.5. The van der Waals surface area contributed by atoms with E-state index in [4.69, 9.17) is 0 Å². The van der Waals surface area contributed by atoms with Crippen LogP contribution in [-0.4, -0.2) is 6.16 Å². The number of hydrogen-bond donors (Lipinski definition) is 0. The Morgan fingerprint density at radius 3 is 0.282 bits per heavy atom. The summed E-state index contributed by atoms with van der Waals surface area (Å²) in [5.74, 6) is 0. The van der Waals surface area contributed by atoms with E-state index in [0.717, 1.165) is 0 Å². The van der Waals surface area contributed by atoms with Gasteiger partial charge in [0.15, 0.2) is 0 Å². The molecule has 0 atom stereocenters. The minimum atomic E-state index is -6.58. The quantitative estimate of drug-likeness (QED) is 0.0487. The first-order valence-corrected chi connectivity index (χ1v) is 40.7. The standard InChI is InChI=1S/C97H80N8O3P2/c106-97(107-109(98(81-49-17-1-18-50-81)82-51-19-2-20-52-82,99(83-53-21-3-22-54-83)84-55-23-4-24-56-84,100(85-57-25-5-26-58-85)86-59-27-6-28-60-86)101(87-61-29-7-30-62-87)88-63-31-8-32-64-88)108-110(102(89-65-33-9-34-66-89)90-67-35-10-36-68-90,103(91-69-37-11-38-70-91)92-71-39-12-40-72-92,104(93-73-41-13-42-74-93)94-75-43-14-44-76-94)105(95-77-45-15-46-78-95)96-79-47-16-48-80-96/h1-80H. The van der Waals surface area contributed by atoms with Gasteiger partial charge in [0.05, 0.1) is 0 Å². The minimum absolute atomic E-state index is 0.642. The molecule has 16 rings (SSSR count). The molecule has 0 saturated heterocycles. The van der Waals surface area contributed by atoms with Crippen LogP contribution >= 0.6 is 14.9 Å². The molecule has 16 aromatic carbocycles. The van der Waals surface area contributed by atoms with Crippen molar-refractivity contribution in [1.82, 2.24) is 0 Å². The van der Waals surface area contributed by atoms with E-state index in [1.807, 2.05) is 291 Å². The summed E-state index contributed by atoms with van der Waals surface area (Å²) in [7, 11) is -13.2. The number of benzene rings is 16. The molecule has 0 amide bonds. The van der Waals surface area contributed by atoms with Gasteiger partial charge >= 0.3 is 649 Å². The Balaban J connectivity index is 1.24. The molecule has 0 N–H and O–H groups in total. The van der Waals surface area contributed by atoms with Crippen molar-refractivity contribution in [3.63, 3.8) is 0 Å². The van der Waals surface area contributed by atoms with E-state index in [1.54, 1.807) is 0 Å². The summed E-state index contributed by atoms with van der Waals surface area (Å²) in [6.45, 7) is 0. The first-order valence-electron chi connectivity index (χ1n) is 36.7. The summed E-state index contributed by atoms with van der Waals surface area (Å²) in [6, 6.07) is 165. The van der Waals surface area contributed by atoms with E-state index in [-0.39, 0.29) is 0 Å². The summed E-state index contributed by atoms with van der Waals surface area (Å²) in [5, 5.41) is 0. The van der Waals surface area contributed by atoms with Crippen LogP contribution in [-0.2, 0) is 9.05 Å². The molecule has 0 bridgehead atoms. The summed E-state index contributed by atoms with van der Waals surface area (Å²) in [5.41, 5.74) is 10.3. The van der Waals surface area contributed by atoms with Crippen molar-refractivity contribution in [1.29, 1.82) is 0 Å². The molecular formula is C97H80N8O3P2. The van der Waals surface area contributed by atoms with Crippen molar-refractivity contribution in [3.05, 3.63) is 485 Å². The Kier molecular flexibility index (Phi) is 20.2. The Bertz CT molecular complexity index is 4210. The second kappa shape index (κ2) is 31.6. The zero-order chi connectivity index (χ0) is 74.3. The number of carbonyl (C=O) groups excluding carboxylic acids is 1. The molecule has 0 aromatic heterocycles. The summed E-state index contributed by atoms with van der Waals surface area (Å²) in [4.78, 5) is 20.6. The van der Waals surface area contributed by atoms with Gasteiger partial charge in [0.25, 0.3) is 0 Å². The van der Waals surface area contributed by atoms with Crippen molar-refractivity contribution < 1.29 is 13.8 Å². The third-order valence-electron chi connectivity index (χ3n) is 19.3. The van der Waals surface area contributed by atoms with Gasteiger partial charge in [-0.1, -0.05) is 0 Å². The van der Waals surface area contributed by atoms with Gasteiger partial charge in [-0.15, -0.1) is 0 Å². The first-order chi connectivity index (χ1) is 54.5. The average molecular weight is 1470 g/mol. The molecule has 0 saturated carbocycles. The van der Waals surface area contributed by atoms with Crippen LogP contribution in [0.4, 0.5) is 95.8 Å². The number of anilines is 16. The molecule has 0 aliphatic carbocycles. The second-order valence-corrected chi connectivity index (χ2v) is 33.0. The number of hydrogen-bond acceptors (Lipinski definition) is 11. The van der Waals surface area contributed by atoms with Crippen molar-refractivity contribution in [2.24, 2.45) is 0 Å². The van der Waals surface area contributed by atoms with Crippen LogP contribution in [0.2, 0.25) is 0 Å². The zero-order valence-corrected chi connectivity index (χ0v) is 62.2. The predicted molar refractivity (Wildman–Crippen MR) is 462 cm³/mol. The maximum absolute atomic E-state index is 20.6. The van der Waals surface area contributed by atoms with Gasteiger partial charge in [-0.05, 0) is 0 Å². The Labute approximate surface area is 644 Å². The van der Waals surface area contributed by atoms with Crippen LogP contribution < -0.4 is 37.4 Å². The molecule has 0 aliphatic heterocycles. The van der Waals surface area contributed by atoms with Crippen LogP contribution in [0, 0.1) is 0 Å². The van der Waals surface area contributed by atoms with Gasteiger partial charge < -0.3 is 0 Å². The molecule has 536 valence electrons. The van der Waals surface area contributed by atoms with Crippen molar-refractivity contribution in [2.75, 3.05) is 37.4 Å². The van der Waals surface area contributed by atoms with Gasteiger partial charge in [0, 0.05) is 0 Å². The summed E-state index contributed by atoms with van der Waals surface area (Å²) in [6.07, 6.45) is -1.12. The molecule has 13 heteroatoms. The molecule has 0 unspecified atom stereocenters. The van der Waals surface area contributed by atoms with Gasteiger partial charge in [0.2, 0.25) is 0 Å². The molecule has 0 radical (unpaired) electrons. The van der Waals surface area contributed by atoms with Crippen LogP contribution in [0.25, 0.3) is 0 Å². The predicted octanol–water partition coefficient (Wildman–Crippen LogP) is 28.1. The fourth-order valence-corrected chi connectivity index (χ4v) is 27.3. The van der Waals surface area contributed by atoms with E-state index < -0.39 is 21.0 Å². The third kappa shape index (κ3) is 12.6. The van der Waals surface area contributed by atoms with Crippen LogP contribution in [0.5, 0.6) is 0 Å². The SMILES string of the molecule is O=C(OP(N(c1ccccc1)c1ccccc1)(N(c1ccccc1)c1ccccc1)(N(c1ccccc1)c1ccccc1)N(c1ccccc1)c1ccccc1)OP(N(c1ccccc1)c1ccccc1)(N(c1ccccc1)c1ccccc1)(N(c1ccccc1)c1ccccc1)N(c1ccccc1)c1ccccc1. The molecule has 0 fully saturated rings. The normalized spacial score (nSPS) is 11.9. The molecule has 110 heavy (non-hydrogen) atoms. The number of carbonyl (C=O) groups is 1. The number of nitrogens with zero attached hydrogens (tertiary/aromatic N) is 8. The summed E-state index contributed by atoms with van der Waals surface area (Å²) < 4.78 is 37.6. The Morgan fingerprint density at radius 2 is 0.209 bits per heavy atom. The zero-order valence-electron chi connectivity index (χ0n) is 60.4. The van der Waals surface area contributed by atoms with Crippen LogP contribution in [0.3, 0.4) is 0 Å². The van der Waals surface area contributed by atoms with Crippen molar-refractivity contribution in [3.8, 4) is 0 Å².